The standard InChI is InChI=1S/C22H22N6O2S/c1-14(29)11-27-6-7-30-20(13-27)28-12-16(10-25-28)15-8-17(21(23)24-9-15)22-26-18-4-2-3-5-19(18)31-22/h2-5,8-10,12,20H,6-7,11,13H2,1H3,(H2,23,24). The first-order valence-electron chi connectivity index (χ1n) is 10.1. The number of nitrogen functional groups attached to an aromatic ring is 1. The summed E-state index contributed by atoms with van der Waals surface area (Å²) in [6.07, 6.45) is 5.25. The summed E-state index contributed by atoms with van der Waals surface area (Å²) < 4.78 is 8.79. The number of morpholine rings is 1. The van der Waals surface area contributed by atoms with Crippen LogP contribution in [0.5, 0.6) is 0 Å². The molecule has 1 aliphatic heterocycles. The molecule has 0 bridgehead atoms. The maximum Gasteiger partial charge on any atom is 0.162 e. The van der Waals surface area contributed by atoms with Gasteiger partial charge < -0.3 is 10.5 Å². The van der Waals surface area contributed by atoms with Crippen molar-refractivity contribution >= 4 is 33.2 Å². The van der Waals surface area contributed by atoms with E-state index in [1.807, 2.05) is 36.5 Å². The highest BCUT2D eigenvalue weighted by atomic mass is 32.1. The number of aromatic nitrogens is 4. The van der Waals surface area contributed by atoms with Crippen molar-refractivity contribution in [3.05, 3.63) is 48.9 Å². The number of fused-ring (bicyclic) bond motifs is 1. The molecule has 1 saturated heterocycles. The summed E-state index contributed by atoms with van der Waals surface area (Å²) in [6.45, 7) is 3.97. The zero-order valence-electron chi connectivity index (χ0n) is 17.1. The monoisotopic (exact) mass is 434 g/mol. The number of carbonyl (C=O) groups excluding carboxylic acids is 1. The molecule has 1 atom stereocenters. The van der Waals surface area contributed by atoms with Gasteiger partial charge in [-0.2, -0.15) is 5.10 Å². The van der Waals surface area contributed by atoms with Crippen molar-refractivity contribution in [2.75, 3.05) is 32.0 Å². The Morgan fingerprint density at radius 1 is 1.29 bits per heavy atom. The van der Waals surface area contributed by atoms with Gasteiger partial charge in [0, 0.05) is 36.6 Å². The van der Waals surface area contributed by atoms with Crippen LogP contribution >= 0.6 is 11.3 Å². The quantitative estimate of drug-likeness (QED) is 0.515. The predicted molar refractivity (Wildman–Crippen MR) is 121 cm³/mol. The number of ether oxygens (including phenoxy) is 1. The zero-order valence-corrected chi connectivity index (χ0v) is 17.9. The number of thiazole rings is 1. The van der Waals surface area contributed by atoms with E-state index in [1.165, 1.54) is 0 Å². The van der Waals surface area contributed by atoms with Gasteiger partial charge in [-0.05, 0) is 25.1 Å². The first kappa shape index (κ1) is 19.8. The van der Waals surface area contributed by atoms with Crippen molar-refractivity contribution in [3.63, 3.8) is 0 Å². The van der Waals surface area contributed by atoms with Gasteiger partial charge in [-0.3, -0.25) is 9.69 Å². The van der Waals surface area contributed by atoms with Gasteiger partial charge in [-0.25, -0.2) is 14.6 Å². The van der Waals surface area contributed by atoms with E-state index < -0.39 is 0 Å². The molecule has 158 valence electrons. The molecule has 1 aromatic carbocycles. The summed E-state index contributed by atoms with van der Waals surface area (Å²) in [6, 6.07) is 10.0. The molecule has 4 heterocycles. The molecule has 0 spiro atoms. The van der Waals surface area contributed by atoms with E-state index in [-0.39, 0.29) is 12.0 Å². The van der Waals surface area contributed by atoms with E-state index in [0.29, 0.717) is 25.5 Å². The number of ketones is 1. The molecule has 1 unspecified atom stereocenters. The lowest BCUT2D eigenvalue weighted by Gasteiger charge is -2.32. The normalized spacial score (nSPS) is 17.3. The fraction of sp³-hybridized carbons (Fsp3) is 0.273. The Morgan fingerprint density at radius 2 is 2.16 bits per heavy atom. The lowest BCUT2D eigenvalue weighted by molar-refractivity contribution is -0.122. The number of carbonyl (C=O) groups is 1. The Balaban J connectivity index is 1.42. The SMILES string of the molecule is CC(=O)CN1CCOC(n2cc(-c3cnc(N)c(-c4nc5ccccc5s4)c3)cn2)C1. The second kappa shape index (κ2) is 8.18. The second-order valence-corrected chi connectivity index (χ2v) is 8.65. The van der Waals surface area contributed by atoms with E-state index in [2.05, 4.69) is 15.0 Å². The minimum atomic E-state index is -0.229. The van der Waals surface area contributed by atoms with Crippen molar-refractivity contribution in [3.8, 4) is 21.7 Å². The Labute approximate surface area is 183 Å². The zero-order chi connectivity index (χ0) is 21.4. The van der Waals surface area contributed by atoms with Crippen molar-refractivity contribution < 1.29 is 9.53 Å². The van der Waals surface area contributed by atoms with Crippen LogP contribution < -0.4 is 5.73 Å². The van der Waals surface area contributed by atoms with Crippen LogP contribution in [0.4, 0.5) is 5.82 Å². The molecular weight excluding hydrogens is 412 g/mol. The van der Waals surface area contributed by atoms with Crippen LogP contribution in [0.2, 0.25) is 0 Å². The molecule has 4 aromatic rings. The molecule has 2 N–H and O–H groups in total. The maximum atomic E-state index is 11.5. The first-order chi connectivity index (χ1) is 15.1. The maximum absolute atomic E-state index is 11.5. The van der Waals surface area contributed by atoms with Gasteiger partial charge in [0.25, 0.3) is 0 Å². The summed E-state index contributed by atoms with van der Waals surface area (Å²) in [5.41, 5.74) is 9.77. The molecule has 8 nitrogen and oxygen atoms in total. The van der Waals surface area contributed by atoms with Crippen LogP contribution in [0.15, 0.2) is 48.9 Å². The molecule has 9 heteroatoms. The number of rotatable bonds is 5. The number of pyridine rings is 1. The number of para-hydroxylation sites is 1. The van der Waals surface area contributed by atoms with Gasteiger partial charge in [-0.15, -0.1) is 11.3 Å². The van der Waals surface area contributed by atoms with Crippen molar-refractivity contribution in [2.45, 2.75) is 13.2 Å². The van der Waals surface area contributed by atoms with E-state index in [1.54, 1.807) is 35.3 Å². The molecule has 31 heavy (non-hydrogen) atoms. The van der Waals surface area contributed by atoms with Crippen LogP contribution in [0.1, 0.15) is 13.2 Å². The van der Waals surface area contributed by atoms with Crippen LogP contribution in [0.25, 0.3) is 31.9 Å². The van der Waals surface area contributed by atoms with Crippen LogP contribution in [0.3, 0.4) is 0 Å². The number of nitrogens with zero attached hydrogens (tertiary/aromatic N) is 5. The molecule has 0 radical (unpaired) electrons. The van der Waals surface area contributed by atoms with E-state index in [9.17, 15) is 4.79 Å². The lowest BCUT2D eigenvalue weighted by atomic mass is 10.1. The van der Waals surface area contributed by atoms with Gasteiger partial charge in [0.2, 0.25) is 0 Å². The van der Waals surface area contributed by atoms with Crippen molar-refractivity contribution in [1.29, 1.82) is 0 Å². The number of nitrogens with two attached hydrogens (primary N) is 1. The molecular formula is C22H22N6O2S. The van der Waals surface area contributed by atoms with Gasteiger partial charge in [-0.1, -0.05) is 12.1 Å². The van der Waals surface area contributed by atoms with Crippen molar-refractivity contribution in [2.24, 2.45) is 0 Å². The van der Waals surface area contributed by atoms with E-state index >= 15 is 0 Å². The number of hydrogen-bond donors (Lipinski definition) is 1. The fourth-order valence-electron chi connectivity index (χ4n) is 3.74. The average molecular weight is 435 g/mol. The fourth-order valence-corrected chi connectivity index (χ4v) is 4.73. The Hall–Kier alpha value is -3.14. The molecule has 3 aromatic heterocycles. The van der Waals surface area contributed by atoms with Crippen LogP contribution in [-0.2, 0) is 9.53 Å². The third-order valence-electron chi connectivity index (χ3n) is 5.25. The van der Waals surface area contributed by atoms with E-state index in [0.717, 1.165) is 38.5 Å². The highest BCUT2D eigenvalue weighted by Crippen LogP contribution is 2.35. The third-order valence-corrected chi connectivity index (χ3v) is 6.32. The lowest BCUT2D eigenvalue weighted by Crippen LogP contribution is -2.42. The number of hydrogen-bond acceptors (Lipinski definition) is 8. The molecule has 1 aliphatic rings. The third kappa shape index (κ3) is 4.07. The minimum Gasteiger partial charge on any atom is -0.383 e. The number of Topliss-reactive ketones (excluding diaryl/α,β-unsaturated/α-hetero) is 1. The minimum absolute atomic E-state index is 0.150. The average Bonchev–Trinajstić information content (AvgIpc) is 3.41. The Kier molecular flexibility index (Phi) is 5.23. The van der Waals surface area contributed by atoms with Crippen LogP contribution in [-0.4, -0.2) is 56.7 Å². The summed E-state index contributed by atoms with van der Waals surface area (Å²) in [5, 5.41) is 5.34. The number of anilines is 1. The summed E-state index contributed by atoms with van der Waals surface area (Å²) >= 11 is 1.60. The highest BCUT2D eigenvalue weighted by molar-refractivity contribution is 7.21. The smallest absolute Gasteiger partial charge is 0.162 e. The van der Waals surface area contributed by atoms with Crippen LogP contribution in [0, 0.1) is 0 Å². The predicted octanol–water partition coefficient (Wildman–Crippen LogP) is 3.22. The summed E-state index contributed by atoms with van der Waals surface area (Å²) in [4.78, 5) is 22.7. The van der Waals surface area contributed by atoms with Gasteiger partial charge in [0.05, 0.1) is 35.1 Å². The molecule has 1 fully saturated rings. The first-order valence-corrected chi connectivity index (χ1v) is 10.9. The number of benzene rings is 1. The summed E-state index contributed by atoms with van der Waals surface area (Å²) in [5.74, 6) is 0.600. The Bertz CT molecular complexity index is 1220. The molecule has 5 rings (SSSR count). The molecule has 0 aliphatic carbocycles. The highest BCUT2D eigenvalue weighted by Gasteiger charge is 2.23. The second-order valence-electron chi connectivity index (χ2n) is 7.62. The van der Waals surface area contributed by atoms with Gasteiger partial charge >= 0.3 is 0 Å². The largest absolute Gasteiger partial charge is 0.383 e. The van der Waals surface area contributed by atoms with E-state index in [4.69, 9.17) is 15.5 Å². The van der Waals surface area contributed by atoms with Crippen molar-refractivity contribution in [1.82, 2.24) is 24.6 Å². The topological polar surface area (TPSA) is 99.2 Å². The van der Waals surface area contributed by atoms with Gasteiger partial charge in [0.1, 0.15) is 16.6 Å². The Morgan fingerprint density at radius 3 is 3.00 bits per heavy atom. The molecule has 0 saturated carbocycles. The van der Waals surface area contributed by atoms with Gasteiger partial charge in [0.15, 0.2) is 6.23 Å². The molecule has 0 amide bonds. The summed E-state index contributed by atoms with van der Waals surface area (Å²) in [7, 11) is 0.